The molecule has 74 valence electrons. The fourth-order valence-electron chi connectivity index (χ4n) is 1.16. The lowest BCUT2D eigenvalue weighted by molar-refractivity contribution is 0.548. The molecule has 0 spiro atoms. The van der Waals surface area contributed by atoms with E-state index in [0.717, 1.165) is 25.3 Å². The Morgan fingerprint density at radius 2 is 2.31 bits per heavy atom. The number of hydrogen-bond donors (Lipinski definition) is 1. The molecular formula is C10H19N3. The van der Waals surface area contributed by atoms with E-state index in [9.17, 15) is 0 Å². The number of nitrogens with one attached hydrogen (secondary N) is 1. The average Bonchev–Trinajstić information content (AvgIpc) is 2.52. The Morgan fingerprint density at radius 1 is 1.54 bits per heavy atom. The van der Waals surface area contributed by atoms with Gasteiger partial charge in [0.05, 0.1) is 12.0 Å². The zero-order valence-corrected chi connectivity index (χ0v) is 8.75. The van der Waals surface area contributed by atoms with E-state index in [2.05, 4.69) is 41.8 Å². The summed E-state index contributed by atoms with van der Waals surface area (Å²) in [5, 5.41) is 3.36. The Hall–Kier alpha value is -0.830. The van der Waals surface area contributed by atoms with Gasteiger partial charge in [0.2, 0.25) is 0 Å². The number of nitrogens with zero attached hydrogens (tertiary/aromatic N) is 2. The van der Waals surface area contributed by atoms with Crippen LogP contribution in [0.25, 0.3) is 0 Å². The van der Waals surface area contributed by atoms with Gasteiger partial charge in [0.15, 0.2) is 0 Å². The van der Waals surface area contributed by atoms with Gasteiger partial charge in [0.1, 0.15) is 0 Å². The highest BCUT2D eigenvalue weighted by molar-refractivity contribution is 4.95. The average molecular weight is 181 g/mol. The van der Waals surface area contributed by atoms with Crippen molar-refractivity contribution in [3.8, 4) is 0 Å². The van der Waals surface area contributed by atoms with Gasteiger partial charge in [-0.25, -0.2) is 4.98 Å². The van der Waals surface area contributed by atoms with Gasteiger partial charge in [-0.3, -0.25) is 0 Å². The van der Waals surface area contributed by atoms with Crippen LogP contribution in [0.15, 0.2) is 12.5 Å². The first-order chi connectivity index (χ1) is 6.22. The van der Waals surface area contributed by atoms with Crippen LogP contribution in [0.3, 0.4) is 0 Å². The van der Waals surface area contributed by atoms with Gasteiger partial charge in [0.25, 0.3) is 0 Å². The summed E-state index contributed by atoms with van der Waals surface area (Å²) in [5.41, 5.74) is 1.13. The summed E-state index contributed by atoms with van der Waals surface area (Å²) in [6, 6.07) is 0. The SMILES string of the molecule is CCn1cnc(CNCC(C)C)c1. The van der Waals surface area contributed by atoms with Crippen LogP contribution in [0.4, 0.5) is 0 Å². The topological polar surface area (TPSA) is 29.9 Å². The summed E-state index contributed by atoms with van der Waals surface area (Å²) in [6.45, 7) is 9.46. The van der Waals surface area contributed by atoms with Crippen molar-refractivity contribution in [2.45, 2.75) is 33.9 Å². The first-order valence-corrected chi connectivity index (χ1v) is 4.93. The monoisotopic (exact) mass is 181 g/mol. The van der Waals surface area contributed by atoms with Gasteiger partial charge >= 0.3 is 0 Å². The summed E-state index contributed by atoms with van der Waals surface area (Å²) < 4.78 is 2.09. The molecule has 1 rings (SSSR count). The predicted octanol–water partition coefficient (Wildman–Crippen LogP) is 1.65. The molecule has 0 aliphatic rings. The van der Waals surface area contributed by atoms with Crippen molar-refractivity contribution >= 4 is 0 Å². The summed E-state index contributed by atoms with van der Waals surface area (Å²) >= 11 is 0. The third-order valence-electron chi connectivity index (χ3n) is 1.91. The van der Waals surface area contributed by atoms with Crippen molar-refractivity contribution in [3.05, 3.63) is 18.2 Å². The van der Waals surface area contributed by atoms with Crippen molar-refractivity contribution < 1.29 is 0 Å². The maximum atomic E-state index is 4.28. The molecule has 1 heterocycles. The highest BCUT2D eigenvalue weighted by atomic mass is 15.0. The van der Waals surface area contributed by atoms with E-state index >= 15 is 0 Å². The van der Waals surface area contributed by atoms with Crippen LogP contribution < -0.4 is 5.32 Å². The van der Waals surface area contributed by atoms with E-state index in [0.29, 0.717) is 5.92 Å². The van der Waals surface area contributed by atoms with Crippen molar-refractivity contribution in [3.63, 3.8) is 0 Å². The predicted molar refractivity (Wildman–Crippen MR) is 54.4 cm³/mol. The second-order valence-corrected chi connectivity index (χ2v) is 3.72. The minimum Gasteiger partial charge on any atom is -0.337 e. The van der Waals surface area contributed by atoms with Crippen LogP contribution in [-0.2, 0) is 13.1 Å². The quantitative estimate of drug-likeness (QED) is 0.748. The maximum Gasteiger partial charge on any atom is 0.0949 e. The molecule has 0 radical (unpaired) electrons. The molecule has 1 aromatic rings. The molecule has 0 saturated carbocycles. The van der Waals surface area contributed by atoms with Crippen LogP contribution in [0, 0.1) is 5.92 Å². The van der Waals surface area contributed by atoms with E-state index in [1.807, 2.05) is 6.33 Å². The number of rotatable bonds is 5. The zero-order chi connectivity index (χ0) is 9.68. The smallest absolute Gasteiger partial charge is 0.0949 e. The molecular weight excluding hydrogens is 162 g/mol. The lowest BCUT2D eigenvalue weighted by Crippen LogP contribution is -2.19. The fourth-order valence-corrected chi connectivity index (χ4v) is 1.16. The Bertz CT molecular complexity index is 240. The maximum absolute atomic E-state index is 4.28. The van der Waals surface area contributed by atoms with Crippen LogP contribution in [0.1, 0.15) is 26.5 Å². The summed E-state index contributed by atoms with van der Waals surface area (Å²) in [7, 11) is 0. The van der Waals surface area contributed by atoms with Gasteiger partial charge in [-0.1, -0.05) is 13.8 Å². The van der Waals surface area contributed by atoms with Crippen LogP contribution in [-0.4, -0.2) is 16.1 Å². The number of aromatic nitrogens is 2. The Kier molecular flexibility index (Phi) is 3.96. The van der Waals surface area contributed by atoms with E-state index < -0.39 is 0 Å². The molecule has 3 nitrogen and oxygen atoms in total. The van der Waals surface area contributed by atoms with Gasteiger partial charge in [-0.2, -0.15) is 0 Å². The second-order valence-electron chi connectivity index (χ2n) is 3.72. The standard InChI is InChI=1S/C10H19N3/c1-4-13-7-10(12-8-13)6-11-5-9(2)3/h7-9,11H,4-6H2,1-3H3. The van der Waals surface area contributed by atoms with Crippen molar-refractivity contribution in [2.75, 3.05) is 6.54 Å². The highest BCUT2D eigenvalue weighted by Crippen LogP contribution is 1.96. The van der Waals surface area contributed by atoms with E-state index in [4.69, 9.17) is 0 Å². The molecule has 13 heavy (non-hydrogen) atoms. The van der Waals surface area contributed by atoms with Gasteiger partial charge in [-0.15, -0.1) is 0 Å². The number of hydrogen-bond acceptors (Lipinski definition) is 2. The van der Waals surface area contributed by atoms with Crippen LogP contribution in [0.5, 0.6) is 0 Å². The lowest BCUT2D eigenvalue weighted by atomic mass is 10.2. The highest BCUT2D eigenvalue weighted by Gasteiger charge is 1.97. The summed E-state index contributed by atoms with van der Waals surface area (Å²) in [5.74, 6) is 0.702. The molecule has 0 aliphatic heterocycles. The lowest BCUT2D eigenvalue weighted by Gasteiger charge is -2.04. The first-order valence-electron chi connectivity index (χ1n) is 4.93. The molecule has 0 atom stereocenters. The number of imidazole rings is 1. The first kappa shape index (κ1) is 10.3. The molecule has 0 unspecified atom stereocenters. The zero-order valence-electron chi connectivity index (χ0n) is 8.75. The molecule has 0 amide bonds. The van der Waals surface area contributed by atoms with Gasteiger partial charge < -0.3 is 9.88 Å². The van der Waals surface area contributed by atoms with Crippen molar-refractivity contribution in [1.29, 1.82) is 0 Å². The van der Waals surface area contributed by atoms with E-state index in [1.165, 1.54) is 0 Å². The molecule has 3 heteroatoms. The molecule has 0 bridgehead atoms. The molecule has 1 N–H and O–H groups in total. The summed E-state index contributed by atoms with van der Waals surface area (Å²) in [4.78, 5) is 4.28. The van der Waals surface area contributed by atoms with Gasteiger partial charge in [-0.05, 0) is 19.4 Å². The fraction of sp³-hybridized carbons (Fsp3) is 0.700. The minimum absolute atomic E-state index is 0.702. The number of aryl methyl sites for hydroxylation is 1. The van der Waals surface area contributed by atoms with E-state index in [-0.39, 0.29) is 0 Å². The Labute approximate surface area is 80.2 Å². The Morgan fingerprint density at radius 3 is 2.85 bits per heavy atom. The molecule has 0 aromatic carbocycles. The second kappa shape index (κ2) is 5.02. The third-order valence-corrected chi connectivity index (χ3v) is 1.91. The molecule has 0 aliphatic carbocycles. The normalized spacial score (nSPS) is 11.1. The van der Waals surface area contributed by atoms with E-state index in [1.54, 1.807) is 0 Å². The van der Waals surface area contributed by atoms with Crippen molar-refractivity contribution in [1.82, 2.24) is 14.9 Å². The Balaban J connectivity index is 2.28. The van der Waals surface area contributed by atoms with Gasteiger partial charge in [0, 0.05) is 19.3 Å². The third kappa shape index (κ3) is 3.59. The minimum atomic E-state index is 0.702. The molecule has 0 saturated heterocycles. The van der Waals surface area contributed by atoms with Crippen molar-refractivity contribution in [2.24, 2.45) is 5.92 Å². The molecule has 1 aromatic heterocycles. The van der Waals surface area contributed by atoms with Crippen LogP contribution in [0.2, 0.25) is 0 Å². The largest absolute Gasteiger partial charge is 0.337 e. The summed E-state index contributed by atoms with van der Waals surface area (Å²) in [6.07, 6.45) is 3.97. The molecule has 0 fully saturated rings. The van der Waals surface area contributed by atoms with Crippen LogP contribution >= 0.6 is 0 Å².